The number of nitrogens with one attached hydrogen (secondary N) is 2. The number of phenols is 1. The molecule has 0 atom stereocenters. The van der Waals surface area contributed by atoms with Gasteiger partial charge in [0.25, 0.3) is 0 Å². The van der Waals surface area contributed by atoms with E-state index in [1.807, 2.05) is 0 Å². The molecule has 1 aromatic rings. The first-order valence-electron chi connectivity index (χ1n) is 3.54. The van der Waals surface area contributed by atoms with Crippen LogP contribution in [0.3, 0.4) is 0 Å². The number of phenolic OH excluding ortho intramolecular Hbond substituents is 1. The lowest BCUT2D eigenvalue weighted by atomic mass is 10.3. The molecule has 0 aliphatic carbocycles. The van der Waals surface area contributed by atoms with E-state index in [-0.39, 0.29) is 10.8 Å². The van der Waals surface area contributed by atoms with Gasteiger partial charge in [0.15, 0.2) is 0 Å². The lowest BCUT2D eigenvalue weighted by Gasteiger charge is -2.02. The highest BCUT2D eigenvalue weighted by atomic mass is 35.5. The Bertz CT molecular complexity index is 433. The van der Waals surface area contributed by atoms with Crippen LogP contribution in [0.15, 0.2) is 18.2 Å². The summed E-state index contributed by atoms with van der Waals surface area (Å²) in [6, 6.07) is 4.28. The van der Waals surface area contributed by atoms with Gasteiger partial charge < -0.3 is 5.11 Å². The first-order valence-corrected chi connectivity index (χ1v) is 5.31. The molecule has 0 saturated heterocycles. The lowest BCUT2D eigenvalue weighted by molar-refractivity contribution is 0.375. The molecule has 10 heteroatoms. The van der Waals surface area contributed by atoms with Crippen LogP contribution in [0.5, 0.6) is 5.75 Å². The van der Waals surface area contributed by atoms with Crippen LogP contribution in [0.4, 0.5) is 10.2 Å². The molecule has 0 aromatic heterocycles. The molecular weight excluding hydrogens is 267 g/mol. The summed E-state index contributed by atoms with van der Waals surface area (Å²) in [6.07, 6.45) is 0. The number of aromatic hydroxyl groups is 1. The maximum absolute atomic E-state index is 11.4. The van der Waals surface area contributed by atoms with Gasteiger partial charge in [0.2, 0.25) is 0 Å². The van der Waals surface area contributed by atoms with Crippen molar-refractivity contribution in [3.05, 3.63) is 23.2 Å². The smallest absolute Gasteiger partial charge is 0.394 e. The molecule has 7 nitrogen and oxygen atoms in total. The van der Waals surface area contributed by atoms with Crippen LogP contribution in [0, 0.1) is 0 Å². The predicted octanol–water partition coefficient (Wildman–Crippen LogP) is 1.19. The molecule has 1 aromatic carbocycles. The van der Waals surface area contributed by atoms with E-state index in [0.29, 0.717) is 5.69 Å². The Morgan fingerprint density at radius 1 is 1.31 bits per heavy atom. The number of anilines is 1. The summed E-state index contributed by atoms with van der Waals surface area (Å²) in [7, 11) is -4.67. The van der Waals surface area contributed by atoms with Crippen LogP contribution in [-0.2, 0) is 10.4 Å². The van der Waals surface area contributed by atoms with E-state index in [0.717, 1.165) is 0 Å². The largest absolute Gasteiger partial charge is 0.506 e. The molecule has 0 unspecified atom stereocenters. The average molecular weight is 275 g/mol. The minimum Gasteiger partial charge on any atom is -0.506 e. The second-order valence-corrected chi connectivity index (χ2v) is 3.64. The van der Waals surface area contributed by atoms with E-state index in [1.165, 1.54) is 23.8 Å². The van der Waals surface area contributed by atoms with Crippen LogP contribution in [0.1, 0.15) is 0 Å². The van der Waals surface area contributed by atoms with Gasteiger partial charge in [-0.3, -0.25) is 14.5 Å². The zero-order valence-corrected chi connectivity index (χ0v) is 9.13. The van der Waals surface area contributed by atoms with Gasteiger partial charge in [-0.15, -0.1) is 4.48 Å². The van der Waals surface area contributed by atoms with Crippen molar-refractivity contribution in [2.24, 2.45) is 0 Å². The van der Waals surface area contributed by atoms with Crippen LogP contribution in [0.25, 0.3) is 0 Å². The fourth-order valence-electron chi connectivity index (χ4n) is 0.645. The van der Waals surface area contributed by atoms with Crippen molar-refractivity contribution < 1.29 is 27.1 Å². The third-order valence-electron chi connectivity index (χ3n) is 1.14. The molecule has 0 bridgehead atoms. The van der Waals surface area contributed by atoms with Crippen LogP contribution in [0.2, 0.25) is 5.02 Å². The standard InChI is InChI=1S/C6H6ClFN2O.H2O4S/c7-5-2-1-4(9-10-8)3-6(5)11;1-5(2,3)4/h1-3,9-11H;(H2,1,2,3,4). The highest BCUT2D eigenvalue weighted by Gasteiger charge is 1.97. The Labute approximate surface area is 95.3 Å². The summed E-state index contributed by atoms with van der Waals surface area (Å²) in [5.74, 6) is -0.0908. The molecular formula is C6H8ClFN2O5S. The Morgan fingerprint density at radius 2 is 1.81 bits per heavy atom. The number of rotatable bonds is 2. The molecule has 16 heavy (non-hydrogen) atoms. The maximum atomic E-state index is 11.4. The lowest BCUT2D eigenvalue weighted by Crippen LogP contribution is -2.09. The molecule has 5 N–H and O–H groups in total. The van der Waals surface area contributed by atoms with Crippen molar-refractivity contribution in [2.45, 2.75) is 0 Å². The average Bonchev–Trinajstić information content (AvgIpc) is 2.09. The van der Waals surface area contributed by atoms with Gasteiger partial charge in [0, 0.05) is 6.07 Å². The van der Waals surface area contributed by atoms with Gasteiger partial charge >= 0.3 is 10.4 Å². The molecule has 1 rings (SSSR count). The Balaban J connectivity index is 0.000000385. The zero-order valence-electron chi connectivity index (χ0n) is 7.55. The third-order valence-corrected chi connectivity index (χ3v) is 1.46. The monoisotopic (exact) mass is 274 g/mol. The predicted molar refractivity (Wildman–Crippen MR) is 55.2 cm³/mol. The molecule has 0 spiro atoms. The molecule has 92 valence electrons. The second kappa shape index (κ2) is 6.45. The SMILES string of the molecule is O=S(=O)(O)O.Oc1cc(NNF)ccc1Cl. The number of hydrogen-bond donors (Lipinski definition) is 5. The van der Waals surface area contributed by atoms with Gasteiger partial charge in [-0.05, 0) is 12.1 Å². The highest BCUT2D eigenvalue weighted by Crippen LogP contribution is 2.25. The summed E-state index contributed by atoms with van der Waals surface area (Å²) >= 11 is 5.49. The first-order chi connectivity index (χ1) is 7.24. The quantitative estimate of drug-likeness (QED) is 0.312. The summed E-state index contributed by atoms with van der Waals surface area (Å²) in [4.78, 5) is 0. The van der Waals surface area contributed by atoms with Gasteiger partial charge in [-0.2, -0.15) is 8.42 Å². The van der Waals surface area contributed by atoms with E-state index in [9.17, 15) is 4.48 Å². The molecule has 0 saturated carbocycles. The topological polar surface area (TPSA) is 119 Å². The Hall–Kier alpha value is -1.13. The molecule has 0 aliphatic heterocycles. The Morgan fingerprint density at radius 3 is 2.19 bits per heavy atom. The second-order valence-electron chi connectivity index (χ2n) is 2.33. The normalized spacial score (nSPS) is 10.2. The number of hydrogen-bond acceptors (Lipinski definition) is 5. The zero-order chi connectivity index (χ0) is 12.8. The van der Waals surface area contributed by atoms with E-state index >= 15 is 0 Å². The minimum atomic E-state index is -4.67. The van der Waals surface area contributed by atoms with E-state index < -0.39 is 10.4 Å². The van der Waals surface area contributed by atoms with Crippen molar-refractivity contribution >= 4 is 27.7 Å². The summed E-state index contributed by atoms with van der Waals surface area (Å²) < 4.78 is 43.0. The van der Waals surface area contributed by atoms with E-state index in [4.69, 9.17) is 34.2 Å². The van der Waals surface area contributed by atoms with Crippen LogP contribution in [-0.4, -0.2) is 22.6 Å². The van der Waals surface area contributed by atoms with Gasteiger partial charge in [0.1, 0.15) is 5.75 Å². The number of hydrazine groups is 1. The van der Waals surface area contributed by atoms with Crippen molar-refractivity contribution in [1.82, 2.24) is 5.65 Å². The number of halogens is 2. The summed E-state index contributed by atoms with van der Waals surface area (Å²) in [6.45, 7) is 0. The van der Waals surface area contributed by atoms with Crippen LogP contribution < -0.4 is 11.1 Å². The summed E-state index contributed by atoms with van der Waals surface area (Å²) in [5, 5.41) is 9.24. The highest BCUT2D eigenvalue weighted by molar-refractivity contribution is 7.79. The van der Waals surface area contributed by atoms with Crippen molar-refractivity contribution in [1.29, 1.82) is 0 Å². The van der Waals surface area contributed by atoms with Crippen LogP contribution >= 0.6 is 11.6 Å². The van der Waals surface area contributed by atoms with Crippen molar-refractivity contribution in [3.63, 3.8) is 0 Å². The van der Waals surface area contributed by atoms with E-state index in [2.05, 4.69) is 5.43 Å². The van der Waals surface area contributed by atoms with Gasteiger partial charge in [0.05, 0.1) is 10.7 Å². The minimum absolute atomic E-state index is 0.0908. The van der Waals surface area contributed by atoms with Crippen molar-refractivity contribution in [3.8, 4) is 5.75 Å². The molecule has 0 amide bonds. The third kappa shape index (κ3) is 8.20. The van der Waals surface area contributed by atoms with Crippen molar-refractivity contribution in [2.75, 3.05) is 5.43 Å². The molecule has 0 heterocycles. The molecule has 0 aliphatic rings. The Kier molecular flexibility index (Phi) is 6.00. The molecule has 0 radical (unpaired) electrons. The number of benzene rings is 1. The fraction of sp³-hybridized carbons (Fsp3) is 0. The van der Waals surface area contributed by atoms with Gasteiger partial charge in [-0.1, -0.05) is 17.2 Å². The molecule has 0 fully saturated rings. The van der Waals surface area contributed by atoms with Gasteiger partial charge in [-0.25, -0.2) is 0 Å². The van der Waals surface area contributed by atoms with E-state index in [1.54, 1.807) is 0 Å². The fourth-order valence-corrected chi connectivity index (χ4v) is 0.763. The first kappa shape index (κ1) is 14.9. The summed E-state index contributed by atoms with van der Waals surface area (Å²) in [5.41, 5.74) is 3.76. The maximum Gasteiger partial charge on any atom is 0.394 e.